The van der Waals surface area contributed by atoms with E-state index in [9.17, 15) is 4.79 Å². The van der Waals surface area contributed by atoms with Gasteiger partial charge in [-0.25, -0.2) is 0 Å². The van der Waals surface area contributed by atoms with E-state index < -0.39 is 0 Å². The molecule has 2 heterocycles. The number of aromatic nitrogens is 2. The van der Waals surface area contributed by atoms with Crippen LogP contribution in [0.2, 0.25) is 5.02 Å². The van der Waals surface area contributed by atoms with Gasteiger partial charge in [-0.2, -0.15) is 0 Å². The van der Waals surface area contributed by atoms with Crippen LogP contribution in [0.4, 0.5) is 0 Å². The van der Waals surface area contributed by atoms with Crippen molar-refractivity contribution in [1.82, 2.24) is 14.9 Å². The highest BCUT2D eigenvalue weighted by atomic mass is 35.5. The summed E-state index contributed by atoms with van der Waals surface area (Å²) in [5.41, 5.74) is 2.58. The zero-order valence-corrected chi connectivity index (χ0v) is 15.0. The molecule has 1 aliphatic rings. The zero-order chi connectivity index (χ0) is 17.3. The van der Waals surface area contributed by atoms with Crippen LogP contribution >= 0.6 is 23.8 Å². The van der Waals surface area contributed by atoms with E-state index >= 15 is 0 Å². The van der Waals surface area contributed by atoms with Gasteiger partial charge in [0.15, 0.2) is 16.3 Å². The predicted molar refractivity (Wildman–Crippen MR) is 94.6 cm³/mol. The molecule has 0 spiro atoms. The molecule has 0 aliphatic carbocycles. The molecule has 2 N–H and O–H groups in total. The van der Waals surface area contributed by atoms with Crippen molar-refractivity contribution in [2.24, 2.45) is 0 Å². The first kappa shape index (κ1) is 17.0. The van der Waals surface area contributed by atoms with Gasteiger partial charge in [-0.15, -0.1) is 0 Å². The number of aromatic amines is 2. The van der Waals surface area contributed by atoms with Crippen LogP contribution in [0, 0.1) is 4.77 Å². The second kappa shape index (κ2) is 6.96. The van der Waals surface area contributed by atoms with Crippen molar-refractivity contribution in [3.05, 3.63) is 49.1 Å². The lowest BCUT2D eigenvalue weighted by Crippen LogP contribution is -2.34. The van der Waals surface area contributed by atoms with E-state index in [1.54, 1.807) is 14.2 Å². The van der Waals surface area contributed by atoms with E-state index in [0.29, 0.717) is 40.8 Å². The van der Waals surface area contributed by atoms with Crippen LogP contribution in [0.5, 0.6) is 11.5 Å². The van der Waals surface area contributed by atoms with Crippen molar-refractivity contribution in [3.8, 4) is 11.5 Å². The van der Waals surface area contributed by atoms with Crippen molar-refractivity contribution < 1.29 is 9.47 Å². The van der Waals surface area contributed by atoms with Crippen molar-refractivity contribution in [3.63, 3.8) is 0 Å². The van der Waals surface area contributed by atoms with Gasteiger partial charge in [0, 0.05) is 30.9 Å². The second-order valence-electron chi connectivity index (χ2n) is 5.64. The first-order valence-electron chi connectivity index (χ1n) is 7.49. The molecule has 1 aliphatic heterocycles. The number of fused-ring (bicyclic) bond motifs is 1. The molecule has 1 aromatic carbocycles. The second-order valence-corrected chi connectivity index (χ2v) is 6.45. The quantitative estimate of drug-likeness (QED) is 0.813. The van der Waals surface area contributed by atoms with E-state index in [4.69, 9.17) is 33.3 Å². The van der Waals surface area contributed by atoms with Crippen LogP contribution in [-0.4, -0.2) is 35.6 Å². The SMILES string of the molecule is COc1cc(CN2CCc3c([nH]c(=S)[nH]c3=O)C2)cc(Cl)c1OC. The molecule has 128 valence electrons. The average molecular weight is 368 g/mol. The molecule has 1 aromatic heterocycles. The Balaban J connectivity index is 1.84. The van der Waals surface area contributed by atoms with Crippen molar-refractivity contribution in [2.75, 3.05) is 20.8 Å². The maximum atomic E-state index is 11.9. The van der Waals surface area contributed by atoms with Gasteiger partial charge in [0.1, 0.15) is 0 Å². The van der Waals surface area contributed by atoms with Gasteiger partial charge in [0.05, 0.1) is 19.2 Å². The van der Waals surface area contributed by atoms with Gasteiger partial charge in [0.2, 0.25) is 0 Å². The van der Waals surface area contributed by atoms with Crippen LogP contribution in [0.25, 0.3) is 0 Å². The topological polar surface area (TPSA) is 70.3 Å². The largest absolute Gasteiger partial charge is 0.493 e. The van der Waals surface area contributed by atoms with Gasteiger partial charge < -0.3 is 14.5 Å². The Bertz CT molecular complexity index is 878. The highest BCUT2D eigenvalue weighted by Crippen LogP contribution is 2.36. The van der Waals surface area contributed by atoms with E-state index in [0.717, 1.165) is 23.4 Å². The number of hydrogen-bond donors (Lipinski definition) is 2. The molecule has 6 nitrogen and oxygen atoms in total. The normalized spacial score (nSPS) is 14.3. The minimum absolute atomic E-state index is 0.0949. The Kier molecular flexibility index (Phi) is 4.93. The summed E-state index contributed by atoms with van der Waals surface area (Å²) in [5, 5.41) is 0.514. The third kappa shape index (κ3) is 3.33. The number of nitrogens with zero attached hydrogens (tertiary/aromatic N) is 1. The Labute approximate surface area is 149 Å². The smallest absolute Gasteiger partial charge is 0.255 e. The molecule has 8 heteroatoms. The standard InChI is InChI=1S/C16H18ClN3O3S/c1-22-13-6-9(5-11(17)14(13)23-2)7-20-4-3-10-12(8-20)18-16(24)19-15(10)21/h5-6H,3-4,7-8H2,1-2H3,(H2,18,19,21,24). The molecule has 24 heavy (non-hydrogen) atoms. The number of halogens is 1. The number of ether oxygens (including phenoxy) is 2. The molecule has 0 atom stereocenters. The Morgan fingerprint density at radius 3 is 2.79 bits per heavy atom. The Morgan fingerprint density at radius 1 is 1.29 bits per heavy atom. The number of methoxy groups -OCH3 is 2. The number of rotatable bonds is 4. The molecule has 0 saturated heterocycles. The van der Waals surface area contributed by atoms with Gasteiger partial charge in [-0.3, -0.25) is 14.7 Å². The lowest BCUT2D eigenvalue weighted by molar-refractivity contribution is 0.239. The summed E-state index contributed by atoms with van der Waals surface area (Å²) in [6, 6.07) is 3.79. The fraction of sp³-hybridized carbons (Fsp3) is 0.375. The number of hydrogen-bond acceptors (Lipinski definition) is 5. The molecule has 3 rings (SSSR count). The van der Waals surface area contributed by atoms with Gasteiger partial charge in [-0.1, -0.05) is 11.6 Å². The molecule has 0 bridgehead atoms. The summed E-state index contributed by atoms with van der Waals surface area (Å²) in [6.07, 6.45) is 0.678. The highest BCUT2D eigenvalue weighted by molar-refractivity contribution is 7.71. The summed E-state index contributed by atoms with van der Waals surface area (Å²) in [4.78, 5) is 19.9. The van der Waals surface area contributed by atoms with Crippen LogP contribution in [0.3, 0.4) is 0 Å². The maximum absolute atomic E-state index is 11.9. The first-order chi connectivity index (χ1) is 11.5. The van der Waals surface area contributed by atoms with Gasteiger partial charge in [-0.05, 0) is 36.3 Å². The van der Waals surface area contributed by atoms with E-state index in [1.807, 2.05) is 12.1 Å². The third-order valence-electron chi connectivity index (χ3n) is 4.09. The monoisotopic (exact) mass is 367 g/mol. The van der Waals surface area contributed by atoms with Crippen molar-refractivity contribution in [1.29, 1.82) is 0 Å². The summed E-state index contributed by atoms with van der Waals surface area (Å²) in [6.45, 7) is 2.11. The maximum Gasteiger partial charge on any atom is 0.255 e. The number of benzene rings is 1. The van der Waals surface area contributed by atoms with Crippen LogP contribution in [-0.2, 0) is 19.5 Å². The van der Waals surface area contributed by atoms with Crippen LogP contribution in [0.1, 0.15) is 16.8 Å². The molecule has 2 aromatic rings. The van der Waals surface area contributed by atoms with Gasteiger partial charge in [0.25, 0.3) is 5.56 Å². The van der Waals surface area contributed by atoms with Crippen LogP contribution < -0.4 is 15.0 Å². The molecule has 0 unspecified atom stereocenters. The Morgan fingerprint density at radius 2 is 2.08 bits per heavy atom. The van der Waals surface area contributed by atoms with Crippen LogP contribution in [0.15, 0.2) is 16.9 Å². The van der Waals surface area contributed by atoms with Crippen molar-refractivity contribution >= 4 is 23.8 Å². The fourth-order valence-corrected chi connectivity index (χ4v) is 3.51. The molecular formula is C16H18ClN3O3S. The minimum Gasteiger partial charge on any atom is -0.493 e. The highest BCUT2D eigenvalue weighted by Gasteiger charge is 2.20. The summed E-state index contributed by atoms with van der Waals surface area (Å²) in [5.74, 6) is 1.13. The minimum atomic E-state index is -0.0949. The fourth-order valence-electron chi connectivity index (χ4n) is 2.99. The van der Waals surface area contributed by atoms with Crippen molar-refractivity contribution in [2.45, 2.75) is 19.5 Å². The first-order valence-corrected chi connectivity index (χ1v) is 8.27. The molecule has 0 radical (unpaired) electrons. The predicted octanol–water partition coefficient (Wildman–Crippen LogP) is 2.66. The summed E-state index contributed by atoms with van der Waals surface area (Å²) >= 11 is 11.3. The summed E-state index contributed by atoms with van der Waals surface area (Å²) < 4.78 is 11.0. The lowest BCUT2D eigenvalue weighted by Gasteiger charge is -2.28. The van der Waals surface area contributed by atoms with E-state index in [2.05, 4.69) is 14.9 Å². The Hall–Kier alpha value is -1.83. The zero-order valence-electron chi connectivity index (χ0n) is 13.4. The molecule has 0 amide bonds. The average Bonchev–Trinajstić information content (AvgIpc) is 2.53. The number of nitrogens with one attached hydrogen (secondary N) is 2. The molecular weight excluding hydrogens is 350 g/mol. The molecule has 0 saturated carbocycles. The van der Waals surface area contributed by atoms with Gasteiger partial charge >= 0.3 is 0 Å². The number of H-pyrrole nitrogens is 2. The van der Waals surface area contributed by atoms with E-state index in [-0.39, 0.29) is 5.56 Å². The molecule has 0 fully saturated rings. The third-order valence-corrected chi connectivity index (χ3v) is 4.57. The lowest BCUT2D eigenvalue weighted by atomic mass is 10.1. The summed E-state index contributed by atoms with van der Waals surface area (Å²) in [7, 11) is 3.15. The van der Waals surface area contributed by atoms with E-state index in [1.165, 1.54) is 0 Å².